The summed E-state index contributed by atoms with van der Waals surface area (Å²) in [6, 6.07) is 5.95. The zero-order valence-corrected chi connectivity index (χ0v) is 10.1. The van der Waals surface area contributed by atoms with E-state index in [0.29, 0.717) is 5.92 Å². The Balaban J connectivity index is 2.74. The molecule has 0 atom stereocenters. The van der Waals surface area contributed by atoms with Gasteiger partial charge in [-0.3, -0.25) is 0 Å². The summed E-state index contributed by atoms with van der Waals surface area (Å²) in [5.41, 5.74) is 3.17. The topological polar surface area (TPSA) is 35.0 Å². The number of aryl methyl sites for hydroxylation is 1. The highest BCUT2D eigenvalue weighted by Crippen LogP contribution is 2.28. The molecule has 0 fully saturated rings. The first kappa shape index (κ1) is 10.9. The van der Waals surface area contributed by atoms with Crippen molar-refractivity contribution in [1.82, 2.24) is 10.2 Å². The monoisotopic (exact) mass is 216 g/mol. The lowest BCUT2D eigenvalue weighted by atomic mass is 9.97. The van der Waals surface area contributed by atoms with Gasteiger partial charge < -0.3 is 4.74 Å². The molecule has 0 bridgehead atoms. The molecule has 0 unspecified atom stereocenters. The molecule has 0 radical (unpaired) electrons. The maximum atomic E-state index is 5.19. The molecule has 0 N–H and O–H groups in total. The number of aromatic nitrogens is 2. The zero-order valence-electron chi connectivity index (χ0n) is 10.1. The summed E-state index contributed by atoms with van der Waals surface area (Å²) in [6.07, 6.45) is 0. The molecule has 3 nitrogen and oxygen atoms in total. The van der Waals surface area contributed by atoms with Crippen molar-refractivity contribution in [2.45, 2.75) is 26.7 Å². The Morgan fingerprint density at radius 3 is 2.56 bits per heavy atom. The highest BCUT2D eigenvalue weighted by Gasteiger charge is 2.11. The standard InChI is InChI=1S/C13H16N2O/c1-8(2)13-9(3)14-15-12-7-10(16-4)5-6-11(12)13/h5-8H,1-4H3. The van der Waals surface area contributed by atoms with E-state index in [1.165, 1.54) is 10.9 Å². The Bertz CT molecular complexity index is 521. The average molecular weight is 216 g/mol. The van der Waals surface area contributed by atoms with E-state index >= 15 is 0 Å². The number of hydrogen-bond donors (Lipinski definition) is 0. The number of methoxy groups -OCH3 is 1. The molecule has 1 aromatic heterocycles. The molecule has 0 aliphatic rings. The number of benzene rings is 1. The minimum atomic E-state index is 0.450. The third-order valence-corrected chi connectivity index (χ3v) is 2.77. The van der Waals surface area contributed by atoms with E-state index in [0.717, 1.165) is 17.0 Å². The molecule has 0 amide bonds. The molecule has 0 saturated carbocycles. The minimum Gasteiger partial charge on any atom is -0.497 e. The van der Waals surface area contributed by atoms with Gasteiger partial charge in [-0.05, 0) is 30.5 Å². The molecule has 0 aliphatic carbocycles. The number of ether oxygens (including phenoxy) is 1. The molecule has 16 heavy (non-hydrogen) atoms. The maximum Gasteiger partial charge on any atom is 0.121 e. The Morgan fingerprint density at radius 2 is 1.94 bits per heavy atom. The highest BCUT2D eigenvalue weighted by atomic mass is 16.5. The second-order valence-corrected chi connectivity index (χ2v) is 4.24. The van der Waals surface area contributed by atoms with E-state index in [-0.39, 0.29) is 0 Å². The molecule has 2 aromatic rings. The van der Waals surface area contributed by atoms with Gasteiger partial charge in [-0.1, -0.05) is 13.8 Å². The van der Waals surface area contributed by atoms with Crippen LogP contribution in [0.25, 0.3) is 10.9 Å². The molecular weight excluding hydrogens is 200 g/mol. The van der Waals surface area contributed by atoms with E-state index in [1.807, 2.05) is 19.1 Å². The summed E-state index contributed by atoms with van der Waals surface area (Å²) in [6.45, 7) is 6.35. The summed E-state index contributed by atoms with van der Waals surface area (Å²) in [5.74, 6) is 1.27. The molecule has 0 saturated heterocycles. The summed E-state index contributed by atoms with van der Waals surface area (Å²) in [5, 5.41) is 9.57. The molecule has 1 heterocycles. The first-order valence-electron chi connectivity index (χ1n) is 5.44. The van der Waals surface area contributed by atoms with Gasteiger partial charge in [-0.2, -0.15) is 10.2 Å². The van der Waals surface area contributed by atoms with Crippen LogP contribution in [0.3, 0.4) is 0 Å². The smallest absolute Gasteiger partial charge is 0.121 e. The fourth-order valence-corrected chi connectivity index (χ4v) is 2.06. The van der Waals surface area contributed by atoms with Crippen LogP contribution in [0.15, 0.2) is 18.2 Å². The molecule has 0 spiro atoms. The van der Waals surface area contributed by atoms with Crippen LogP contribution >= 0.6 is 0 Å². The van der Waals surface area contributed by atoms with Gasteiger partial charge in [0, 0.05) is 11.5 Å². The lowest BCUT2D eigenvalue weighted by molar-refractivity contribution is 0.415. The van der Waals surface area contributed by atoms with E-state index < -0.39 is 0 Å². The van der Waals surface area contributed by atoms with E-state index in [2.05, 4.69) is 30.1 Å². The Morgan fingerprint density at radius 1 is 1.19 bits per heavy atom. The zero-order chi connectivity index (χ0) is 11.7. The van der Waals surface area contributed by atoms with Gasteiger partial charge >= 0.3 is 0 Å². The molecular formula is C13H16N2O. The van der Waals surface area contributed by atoms with Crippen LogP contribution in [0.5, 0.6) is 5.75 Å². The number of fused-ring (bicyclic) bond motifs is 1. The fourth-order valence-electron chi connectivity index (χ4n) is 2.06. The van der Waals surface area contributed by atoms with E-state index in [1.54, 1.807) is 7.11 Å². The number of rotatable bonds is 2. The summed E-state index contributed by atoms with van der Waals surface area (Å²) in [4.78, 5) is 0. The van der Waals surface area contributed by atoms with Gasteiger partial charge in [-0.15, -0.1) is 0 Å². The Labute approximate surface area is 95.5 Å². The van der Waals surface area contributed by atoms with Gasteiger partial charge in [0.05, 0.1) is 18.3 Å². The van der Waals surface area contributed by atoms with Crippen molar-refractivity contribution in [2.24, 2.45) is 0 Å². The first-order valence-corrected chi connectivity index (χ1v) is 5.44. The molecule has 84 valence electrons. The van der Waals surface area contributed by atoms with Gasteiger partial charge in [-0.25, -0.2) is 0 Å². The van der Waals surface area contributed by atoms with Crippen molar-refractivity contribution in [1.29, 1.82) is 0 Å². The second kappa shape index (κ2) is 4.08. The van der Waals surface area contributed by atoms with Crippen LogP contribution in [0.4, 0.5) is 0 Å². The fraction of sp³-hybridized carbons (Fsp3) is 0.385. The summed E-state index contributed by atoms with van der Waals surface area (Å²) in [7, 11) is 1.66. The largest absolute Gasteiger partial charge is 0.497 e. The van der Waals surface area contributed by atoms with Gasteiger partial charge in [0.1, 0.15) is 5.75 Å². The van der Waals surface area contributed by atoms with Crippen LogP contribution < -0.4 is 4.74 Å². The first-order chi connectivity index (χ1) is 7.63. The Hall–Kier alpha value is -1.64. The van der Waals surface area contributed by atoms with Crippen molar-refractivity contribution in [2.75, 3.05) is 7.11 Å². The van der Waals surface area contributed by atoms with Crippen molar-refractivity contribution in [3.8, 4) is 5.75 Å². The van der Waals surface area contributed by atoms with Crippen molar-refractivity contribution in [3.63, 3.8) is 0 Å². The number of nitrogens with zero attached hydrogens (tertiary/aromatic N) is 2. The maximum absolute atomic E-state index is 5.19. The van der Waals surface area contributed by atoms with Gasteiger partial charge in [0.25, 0.3) is 0 Å². The van der Waals surface area contributed by atoms with E-state index in [9.17, 15) is 0 Å². The third kappa shape index (κ3) is 1.73. The summed E-state index contributed by atoms with van der Waals surface area (Å²) >= 11 is 0. The SMILES string of the molecule is COc1ccc2c(C(C)C)c(C)nnc2c1. The highest BCUT2D eigenvalue weighted by molar-refractivity contribution is 5.84. The van der Waals surface area contributed by atoms with Crippen LogP contribution in [-0.4, -0.2) is 17.3 Å². The van der Waals surface area contributed by atoms with Crippen LogP contribution in [-0.2, 0) is 0 Å². The normalized spacial score (nSPS) is 11.1. The average Bonchev–Trinajstić information content (AvgIpc) is 2.27. The van der Waals surface area contributed by atoms with Crippen LogP contribution in [0, 0.1) is 6.92 Å². The molecule has 0 aliphatic heterocycles. The van der Waals surface area contributed by atoms with E-state index in [4.69, 9.17) is 4.74 Å². The van der Waals surface area contributed by atoms with Gasteiger partial charge in [0.15, 0.2) is 0 Å². The van der Waals surface area contributed by atoms with Crippen molar-refractivity contribution < 1.29 is 4.74 Å². The third-order valence-electron chi connectivity index (χ3n) is 2.77. The molecule has 3 heteroatoms. The predicted molar refractivity (Wildman–Crippen MR) is 64.9 cm³/mol. The lowest BCUT2D eigenvalue weighted by Crippen LogP contribution is -1.99. The quantitative estimate of drug-likeness (QED) is 0.773. The number of hydrogen-bond acceptors (Lipinski definition) is 3. The summed E-state index contributed by atoms with van der Waals surface area (Å²) < 4.78 is 5.19. The Kier molecular flexibility index (Phi) is 2.77. The lowest BCUT2D eigenvalue weighted by Gasteiger charge is -2.12. The predicted octanol–water partition coefficient (Wildman–Crippen LogP) is 3.07. The van der Waals surface area contributed by atoms with Crippen molar-refractivity contribution >= 4 is 10.9 Å². The van der Waals surface area contributed by atoms with Crippen LogP contribution in [0.1, 0.15) is 31.0 Å². The minimum absolute atomic E-state index is 0.450. The molecule has 2 rings (SSSR count). The molecule has 1 aromatic carbocycles. The van der Waals surface area contributed by atoms with Gasteiger partial charge in [0.2, 0.25) is 0 Å². The second-order valence-electron chi connectivity index (χ2n) is 4.24. The van der Waals surface area contributed by atoms with Crippen LogP contribution in [0.2, 0.25) is 0 Å². The van der Waals surface area contributed by atoms with Crippen molar-refractivity contribution in [3.05, 3.63) is 29.5 Å².